The number of nitrogens with zero attached hydrogens (tertiary/aromatic N) is 3. The zero-order valence-electron chi connectivity index (χ0n) is 18.7. The molecule has 1 saturated heterocycles. The number of hydrogen-bond donors (Lipinski definition) is 0. The van der Waals surface area contributed by atoms with Crippen LogP contribution in [-0.2, 0) is 4.79 Å². The molecule has 7 heteroatoms. The molecule has 6 nitrogen and oxygen atoms in total. The number of carbonyl (C=O) groups is 2. The molecular formula is C27H26BrN3O3. The second kappa shape index (κ2) is 11.2. The molecule has 1 unspecified atom stereocenters. The molecule has 0 aliphatic carbocycles. The lowest BCUT2D eigenvalue weighted by Gasteiger charge is -2.36. The van der Waals surface area contributed by atoms with Gasteiger partial charge in [0, 0.05) is 55.0 Å². The summed E-state index contributed by atoms with van der Waals surface area (Å²) in [6.07, 6.45) is 5.72. The Balaban J connectivity index is 1.46. The Morgan fingerprint density at radius 1 is 0.882 bits per heavy atom. The lowest BCUT2D eigenvalue weighted by molar-refractivity contribution is -0.135. The number of hydrogen-bond acceptors (Lipinski definition) is 4. The van der Waals surface area contributed by atoms with Crippen molar-refractivity contribution in [2.75, 3.05) is 32.7 Å². The Labute approximate surface area is 207 Å². The summed E-state index contributed by atoms with van der Waals surface area (Å²) in [6.45, 7) is 3.20. The van der Waals surface area contributed by atoms with Gasteiger partial charge >= 0.3 is 0 Å². The van der Waals surface area contributed by atoms with Gasteiger partial charge < -0.3 is 4.90 Å². The van der Waals surface area contributed by atoms with Crippen molar-refractivity contribution in [1.82, 2.24) is 14.4 Å². The molecule has 4 rings (SSSR count). The number of piperazine rings is 1. The molecule has 1 aliphatic rings. The Hall–Kier alpha value is -3.29. The molecule has 0 spiro atoms. The van der Waals surface area contributed by atoms with E-state index in [9.17, 15) is 14.4 Å². The molecule has 1 fully saturated rings. The standard InChI is InChI=1S/C27H26BrN3O3/c28-23-13-11-22(12-14-23)26(33)25(31-16-5-4-10-24(31)32)27(34)30-19-17-29(18-20-30)15-6-9-21-7-2-1-3-8-21/h1-14,16,25H,15,17-20H2. The molecule has 0 N–H and O–H groups in total. The van der Waals surface area contributed by atoms with Crippen molar-refractivity contribution in [3.63, 3.8) is 0 Å². The van der Waals surface area contributed by atoms with Crippen molar-refractivity contribution in [3.05, 3.63) is 111 Å². The van der Waals surface area contributed by atoms with Gasteiger partial charge in [-0.1, -0.05) is 76.6 Å². The van der Waals surface area contributed by atoms with Crippen LogP contribution in [0.25, 0.3) is 6.08 Å². The van der Waals surface area contributed by atoms with Crippen LogP contribution < -0.4 is 5.56 Å². The van der Waals surface area contributed by atoms with Crippen LogP contribution in [0.15, 0.2) is 94.3 Å². The molecule has 174 valence electrons. The highest BCUT2D eigenvalue weighted by atomic mass is 79.9. The molecule has 0 bridgehead atoms. The lowest BCUT2D eigenvalue weighted by atomic mass is 10.0. The van der Waals surface area contributed by atoms with Crippen molar-refractivity contribution < 1.29 is 9.59 Å². The average molecular weight is 520 g/mol. The molecule has 1 aliphatic heterocycles. The van der Waals surface area contributed by atoms with Gasteiger partial charge in [-0.2, -0.15) is 0 Å². The van der Waals surface area contributed by atoms with Crippen LogP contribution in [-0.4, -0.2) is 58.8 Å². The summed E-state index contributed by atoms with van der Waals surface area (Å²) in [4.78, 5) is 43.4. The van der Waals surface area contributed by atoms with Crippen LogP contribution in [0.5, 0.6) is 0 Å². The molecule has 1 aromatic heterocycles. The highest BCUT2D eigenvalue weighted by Crippen LogP contribution is 2.20. The maximum atomic E-state index is 13.5. The van der Waals surface area contributed by atoms with Crippen LogP contribution >= 0.6 is 15.9 Å². The second-order valence-electron chi connectivity index (χ2n) is 8.16. The predicted octanol–water partition coefficient (Wildman–Crippen LogP) is 3.89. The zero-order valence-corrected chi connectivity index (χ0v) is 20.3. The predicted molar refractivity (Wildman–Crippen MR) is 137 cm³/mol. The number of Topliss-reactive ketones (excluding diaryl/α,β-unsaturated/α-hetero) is 1. The van der Waals surface area contributed by atoms with Crippen LogP contribution in [0.2, 0.25) is 0 Å². The van der Waals surface area contributed by atoms with E-state index in [0.717, 1.165) is 16.6 Å². The van der Waals surface area contributed by atoms with Crippen LogP contribution in [0.4, 0.5) is 0 Å². The van der Waals surface area contributed by atoms with Gasteiger partial charge in [-0.25, -0.2) is 0 Å². The van der Waals surface area contributed by atoms with Gasteiger partial charge in [-0.3, -0.25) is 23.9 Å². The quantitative estimate of drug-likeness (QED) is 0.351. The van der Waals surface area contributed by atoms with E-state index < -0.39 is 6.04 Å². The summed E-state index contributed by atoms with van der Waals surface area (Å²) < 4.78 is 2.07. The first-order valence-electron chi connectivity index (χ1n) is 11.2. The number of rotatable bonds is 7. The van der Waals surface area contributed by atoms with Gasteiger partial charge in [0.15, 0.2) is 11.8 Å². The van der Waals surface area contributed by atoms with E-state index in [1.807, 2.05) is 18.2 Å². The minimum Gasteiger partial charge on any atom is -0.338 e. The average Bonchev–Trinajstić information content (AvgIpc) is 2.87. The second-order valence-corrected chi connectivity index (χ2v) is 9.07. The maximum Gasteiger partial charge on any atom is 0.253 e. The maximum absolute atomic E-state index is 13.5. The summed E-state index contributed by atoms with van der Waals surface area (Å²) in [7, 11) is 0. The summed E-state index contributed by atoms with van der Waals surface area (Å²) in [5, 5.41) is 0. The van der Waals surface area contributed by atoms with Crippen molar-refractivity contribution in [1.29, 1.82) is 0 Å². The number of carbonyl (C=O) groups excluding carboxylic acids is 2. The van der Waals surface area contributed by atoms with Gasteiger partial charge in [0.05, 0.1) is 0 Å². The monoisotopic (exact) mass is 519 g/mol. The number of benzene rings is 2. The molecule has 0 radical (unpaired) electrons. The first kappa shape index (κ1) is 23.9. The van der Waals surface area contributed by atoms with Gasteiger partial charge in [0.1, 0.15) is 0 Å². The molecular weight excluding hydrogens is 494 g/mol. The van der Waals surface area contributed by atoms with E-state index in [4.69, 9.17) is 0 Å². The largest absolute Gasteiger partial charge is 0.338 e. The minimum atomic E-state index is -1.22. The SMILES string of the molecule is O=C(c1ccc(Br)cc1)C(C(=O)N1CCN(CC=Cc2ccccc2)CC1)n1ccccc1=O. The van der Waals surface area contributed by atoms with Crippen molar-refractivity contribution in [2.45, 2.75) is 6.04 Å². The summed E-state index contributed by atoms with van der Waals surface area (Å²) in [5.74, 6) is -0.736. The van der Waals surface area contributed by atoms with E-state index in [-0.39, 0.29) is 17.2 Å². The van der Waals surface area contributed by atoms with E-state index in [2.05, 4.69) is 45.1 Å². The molecule has 2 heterocycles. The van der Waals surface area contributed by atoms with Crippen molar-refractivity contribution >= 4 is 33.7 Å². The van der Waals surface area contributed by atoms with Crippen molar-refractivity contribution in [2.24, 2.45) is 0 Å². The Morgan fingerprint density at radius 2 is 1.56 bits per heavy atom. The Bertz CT molecular complexity index is 1210. The Kier molecular flexibility index (Phi) is 7.87. The first-order chi connectivity index (χ1) is 16.5. The zero-order chi connectivity index (χ0) is 23.9. The number of pyridine rings is 1. The highest BCUT2D eigenvalue weighted by molar-refractivity contribution is 9.10. The molecule has 1 atom stereocenters. The van der Waals surface area contributed by atoms with E-state index >= 15 is 0 Å². The minimum absolute atomic E-state index is 0.347. The number of amides is 1. The van der Waals surface area contributed by atoms with Crippen LogP contribution in [0.1, 0.15) is 22.0 Å². The topological polar surface area (TPSA) is 62.6 Å². The Morgan fingerprint density at radius 3 is 2.24 bits per heavy atom. The van der Waals surface area contributed by atoms with Gasteiger partial charge in [0.2, 0.25) is 0 Å². The molecule has 2 aromatic carbocycles. The lowest BCUT2D eigenvalue weighted by Crippen LogP contribution is -2.52. The normalized spacial score (nSPS) is 15.4. The fourth-order valence-corrected chi connectivity index (χ4v) is 4.27. The molecule has 34 heavy (non-hydrogen) atoms. The van der Waals surface area contributed by atoms with Gasteiger partial charge in [-0.05, 0) is 23.8 Å². The fraction of sp³-hybridized carbons (Fsp3) is 0.222. The first-order valence-corrected chi connectivity index (χ1v) is 12.0. The third-order valence-electron chi connectivity index (χ3n) is 5.90. The molecule has 0 saturated carbocycles. The number of halogens is 1. The summed E-state index contributed by atoms with van der Waals surface area (Å²) >= 11 is 3.37. The summed E-state index contributed by atoms with van der Waals surface area (Å²) in [5.41, 5.74) is 1.16. The van der Waals surface area contributed by atoms with Gasteiger partial charge in [-0.15, -0.1) is 0 Å². The smallest absolute Gasteiger partial charge is 0.253 e. The van der Waals surface area contributed by atoms with Crippen LogP contribution in [0.3, 0.4) is 0 Å². The van der Waals surface area contributed by atoms with Crippen molar-refractivity contribution in [3.8, 4) is 0 Å². The molecule has 3 aromatic rings. The van der Waals surface area contributed by atoms with Gasteiger partial charge in [0.25, 0.3) is 11.5 Å². The molecule has 1 amide bonds. The third-order valence-corrected chi connectivity index (χ3v) is 6.43. The van der Waals surface area contributed by atoms with Crippen LogP contribution in [0, 0.1) is 0 Å². The number of aromatic nitrogens is 1. The summed E-state index contributed by atoms with van der Waals surface area (Å²) in [6, 6.07) is 20.4. The fourth-order valence-electron chi connectivity index (χ4n) is 4.01. The number of ketones is 1. The highest BCUT2D eigenvalue weighted by Gasteiger charge is 2.34. The van der Waals surface area contributed by atoms with E-state index in [1.165, 1.54) is 16.8 Å². The van der Waals surface area contributed by atoms with E-state index in [1.54, 1.807) is 41.3 Å². The third kappa shape index (κ3) is 5.79. The van der Waals surface area contributed by atoms with E-state index in [0.29, 0.717) is 31.7 Å².